The second-order valence-corrected chi connectivity index (χ2v) is 6.65. The van der Waals surface area contributed by atoms with Gasteiger partial charge in [-0.15, -0.1) is 0 Å². The summed E-state index contributed by atoms with van der Waals surface area (Å²) < 4.78 is 7.28. The van der Waals surface area contributed by atoms with Crippen LogP contribution in [0.3, 0.4) is 0 Å². The van der Waals surface area contributed by atoms with E-state index in [1.807, 2.05) is 12.1 Å². The van der Waals surface area contributed by atoms with Crippen molar-refractivity contribution in [1.82, 2.24) is 9.88 Å². The number of rotatable bonds is 7. The first-order chi connectivity index (χ1) is 14.2. The van der Waals surface area contributed by atoms with Crippen LogP contribution in [0, 0.1) is 0 Å². The highest BCUT2D eigenvalue weighted by Crippen LogP contribution is 2.17. The molecule has 6 nitrogen and oxygen atoms in total. The molecule has 29 heavy (non-hydrogen) atoms. The van der Waals surface area contributed by atoms with Crippen molar-refractivity contribution in [1.29, 1.82) is 0 Å². The number of benzene rings is 2. The Morgan fingerprint density at radius 1 is 0.897 bits per heavy atom. The number of carbonyl (C=O) groups excluding carboxylic acids is 2. The topological polar surface area (TPSA) is 76.3 Å². The highest BCUT2D eigenvalue weighted by atomic mass is 16.3. The Labute approximate surface area is 168 Å². The second-order valence-electron chi connectivity index (χ2n) is 6.65. The molecule has 6 heteroatoms. The number of carbonyl (C=O) groups is 2. The maximum Gasteiger partial charge on any atom is 0.291 e. The lowest BCUT2D eigenvalue weighted by molar-refractivity contribution is 0.0953. The molecular weight excluding hydrogens is 366 g/mol. The summed E-state index contributed by atoms with van der Waals surface area (Å²) in [5, 5.41) is 6.87. The predicted octanol–water partition coefficient (Wildman–Crippen LogP) is 4.31. The van der Waals surface area contributed by atoms with Gasteiger partial charge in [0.1, 0.15) is 0 Å². The van der Waals surface area contributed by atoms with Crippen LogP contribution in [0.2, 0.25) is 0 Å². The standard InChI is InChI=1S/C23H21N3O3/c27-22(24-13-6-14-26-15-12-17-7-1-4-10-20(17)26)18-8-2-3-9-19(18)25-23(28)21-11-5-16-29-21/h1-5,7-12,15-16H,6,13-14H2,(H,24,27)(H,25,28). The Kier molecular flexibility index (Phi) is 5.42. The van der Waals surface area contributed by atoms with Gasteiger partial charge in [0.05, 0.1) is 17.5 Å². The fraction of sp³-hybridized carbons (Fsp3) is 0.130. The Morgan fingerprint density at radius 2 is 1.72 bits per heavy atom. The summed E-state index contributed by atoms with van der Waals surface area (Å²) in [7, 11) is 0. The summed E-state index contributed by atoms with van der Waals surface area (Å²) in [6, 6.07) is 20.4. The van der Waals surface area contributed by atoms with Crippen LogP contribution in [-0.2, 0) is 6.54 Å². The van der Waals surface area contributed by atoms with Crippen molar-refractivity contribution >= 4 is 28.4 Å². The third kappa shape index (κ3) is 4.21. The van der Waals surface area contributed by atoms with Crippen LogP contribution < -0.4 is 10.6 Å². The average molecular weight is 387 g/mol. The summed E-state index contributed by atoms with van der Waals surface area (Å²) in [5.41, 5.74) is 2.05. The number of hydrogen-bond donors (Lipinski definition) is 2. The number of aryl methyl sites for hydroxylation is 1. The summed E-state index contributed by atoms with van der Waals surface area (Å²) in [5.74, 6) is -0.424. The second kappa shape index (κ2) is 8.48. The molecule has 0 saturated carbocycles. The van der Waals surface area contributed by atoms with Crippen LogP contribution in [0.25, 0.3) is 10.9 Å². The molecule has 0 fully saturated rings. The largest absolute Gasteiger partial charge is 0.459 e. The summed E-state index contributed by atoms with van der Waals surface area (Å²) in [4.78, 5) is 24.8. The smallest absolute Gasteiger partial charge is 0.291 e. The van der Waals surface area contributed by atoms with Crippen molar-refractivity contribution < 1.29 is 14.0 Å². The van der Waals surface area contributed by atoms with Gasteiger partial charge >= 0.3 is 0 Å². The van der Waals surface area contributed by atoms with E-state index >= 15 is 0 Å². The number of hydrogen-bond acceptors (Lipinski definition) is 3. The van der Waals surface area contributed by atoms with Gasteiger partial charge in [0, 0.05) is 24.8 Å². The maximum atomic E-state index is 12.6. The van der Waals surface area contributed by atoms with Gasteiger partial charge in [-0.1, -0.05) is 30.3 Å². The first-order valence-corrected chi connectivity index (χ1v) is 9.48. The highest BCUT2D eigenvalue weighted by molar-refractivity contribution is 6.07. The zero-order valence-electron chi connectivity index (χ0n) is 15.8. The number of nitrogens with zero attached hydrogens (tertiary/aromatic N) is 1. The molecule has 4 aromatic rings. The zero-order chi connectivity index (χ0) is 20.1. The molecule has 0 atom stereocenters. The van der Waals surface area contributed by atoms with Gasteiger partial charge < -0.3 is 19.6 Å². The van der Waals surface area contributed by atoms with Gasteiger partial charge in [-0.05, 0) is 48.2 Å². The van der Waals surface area contributed by atoms with Crippen LogP contribution >= 0.6 is 0 Å². The molecule has 0 aliphatic carbocycles. The normalized spacial score (nSPS) is 10.8. The summed E-state index contributed by atoms with van der Waals surface area (Å²) in [6.07, 6.45) is 4.29. The Bertz CT molecular complexity index is 1130. The Morgan fingerprint density at radius 3 is 2.59 bits per heavy atom. The minimum absolute atomic E-state index is 0.194. The van der Waals surface area contributed by atoms with Crippen molar-refractivity contribution in [2.75, 3.05) is 11.9 Å². The number of amides is 2. The summed E-state index contributed by atoms with van der Waals surface area (Å²) >= 11 is 0. The molecular formula is C23H21N3O3. The fourth-order valence-corrected chi connectivity index (χ4v) is 3.26. The van der Waals surface area contributed by atoms with Crippen LogP contribution in [0.15, 0.2) is 83.6 Å². The van der Waals surface area contributed by atoms with Crippen LogP contribution in [0.1, 0.15) is 27.3 Å². The SMILES string of the molecule is O=C(Nc1ccccc1C(=O)NCCCn1ccc2ccccc21)c1ccco1. The van der Waals surface area contributed by atoms with Crippen LogP contribution in [-0.4, -0.2) is 22.9 Å². The molecule has 0 bridgehead atoms. The number of nitrogens with one attached hydrogen (secondary N) is 2. The molecule has 2 N–H and O–H groups in total. The van der Waals surface area contributed by atoms with E-state index in [-0.39, 0.29) is 11.7 Å². The van der Waals surface area contributed by atoms with Crippen LogP contribution in [0.4, 0.5) is 5.69 Å². The molecule has 2 aromatic heterocycles. The first-order valence-electron chi connectivity index (χ1n) is 9.48. The van der Waals surface area contributed by atoms with Gasteiger partial charge in [0.25, 0.3) is 11.8 Å². The summed E-state index contributed by atoms with van der Waals surface area (Å²) in [6.45, 7) is 1.34. The molecule has 0 spiro atoms. The van der Waals surface area contributed by atoms with Gasteiger partial charge in [-0.3, -0.25) is 9.59 Å². The Balaban J connectivity index is 1.34. The van der Waals surface area contributed by atoms with E-state index in [0.29, 0.717) is 17.8 Å². The molecule has 0 aliphatic rings. The molecule has 4 rings (SSSR count). The zero-order valence-corrected chi connectivity index (χ0v) is 15.8. The number of furan rings is 1. The lowest BCUT2D eigenvalue weighted by Crippen LogP contribution is -2.26. The molecule has 0 saturated heterocycles. The number of para-hydroxylation sites is 2. The number of fused-ring (bicyclic) bond motifs is 1. The van der Waals surface area contributed by atoms with Crippen molar-refractivity contribution in [2.24, 2.45) is 0 Å². The van der Waals surface area contributed by atoms with E-state index in [1.165, 1.54) is 17.2 Å². The van der Waals surface area contributed by atoms with Crippen molar-refractivity contribution in [2.45, 2.75) is 13.0 Å². The fourth-order valence-electron chi connectivity index (χ4n) is 3.26. The van der Waals surface area contributed by atoms with E-state index in [4.69, 9.17) is 4.42 Å². The molecule has 0 radical (unpaired) electrons. The predicted molar refractivity (Wildman–Crippen MR) is 112 cm³/mol. The van der Waals surface area contributed by atoms with Gasteiger partial charge in [-0.2, -0.15) is 0 Å². The third-order valence-electron chi connectivity index (χ3n) is 4.71. The molecule has 146 valence electrons. The van der Waals surface area contributed by atoms with Gasteiger partial charge in [0.15, 0.2) is 5.76 Å². The third-order valence-corrected chi connectivity index (χ3v) is 4.71. The first kappa shape index (κ1) is 18.6. The monoisotopic (exact) mass is 387 g/mol. The van der Waals surface area contributed by atoms with Crippen molar-refractivity contribution in [3.05, 3.63) is 90.5 Å². The van der Waals surface area contributed by atoms with E-state index in [0.717, 1.165) is 13.0 Å². The Hall–Kier alpha value is -3.80. The molecule has 2 aromatic carbocycles. The molecule has 0 unspecified atom stereocenters. The highest BCUT2D eigenvalue weighted by Gasteiger charge is 2.15. The van der Waals surface area contributed by atoms with Crippen molar-refractivity contribution in [3.63, 3.8) is 0 Å². The van der Waals surface area contributed by atoms with E-state index < -0.39 is 5.91 Å². The van der Waals surface area contributed by atoms with Crippen LogP contribution in [0.5, 0.6) is 0 Å². The quantitative estimate of drug-likeness (QED) is 0.464. The lowest BCUT2D eigenvalue weighted by Gasteiger charge is -2.11. The average Bonchev–Trinajstić information content (AvgIpc) is 3.42. The van der Waals surface area contributed by atoms with Crippen molar-refractivity contribution in [3.8, 4) is 0 Å². The van der Waals surface area contributed by atoms with E-state index in [1.54, 1.807) is 36.4 Å². The number of anilines is 1. The van der Waals surface area contributed by atoms with E-state index in [9.17, 15) is 9.59 Å². The minimum Gasteiger partial charge on any atom is -0.459 e. The van der Waals surface area contributed by atoms with Gasteiger partial charge in [0.2, 0.25) is 0 Å². The van der Waals surface area contributed by atoms with E-state index in [2.05, 4.69) is 39.6 Å². The lowest BCUT2D eigenvalue weighted by atomic mass is 10.1. The van der Waals surface area contributed by atoms with Gasteiger partial charge in [-0.25, -0.2) is 0 Å². The maximum absolute atomic E-state index is 12.6. The number of aromatic nitrogens is 1. The molecule has 2 heterocycles. The molecule has 2 amide bonds. The minimum atomic E-state index is -0.394. The molecule has 0 aliphatic heterocycles.